The van der Waals surface area contributed by atoms with Gasteiger partial charge < -0.3 is 10.6 Å². The van der Waals surface area contributed by atoms with Gasteiger partial charge in [-0.2, -0.15) is 0 Å². The second-order valence-electron chi connectivity index (χ2n) is 4.32. The third-order valence-corrected chi connectivity index (χ3v) is 2.35. The molecular formula is C13H19N3O3. The molecule has 0 aliphatic rings. The van der Waals surface area contributed by atoms with E-state index in [2.05, 4.69) is 10.6 Å². The molecule has 6 heteroatoms. The number of hydrogen-bond donors (Lipinski definition) is 2. The number of amides is 3. The Kier molecular flexibility index (Phi) is 5.32. The van der Waals surface area contributed by atoms with Gasteiger partial charge in [0, 0.05) is 24.3 Å². The molecule has 3 amide bonds. The molecule has 0 unspecified atom stereocenters. The molecule has 2 N–H and O–H groups in total. The van der Waals surface area contributed by atoms with Crippen LogP contribution in [-0.2, 0) is 4.84 Å². The Balaban J connectivity index is 2.77. The first-order valence-electron chi connectivity index (χ1n) is 5.93. The van der Waals surface area contributed by atoms with Gasteiger partial charge >= 0.3 is 6.03 Å². The Morgan fingerprint density at radius 2 is 2.00 bits per heavy atom. The van der Waals surface area contributed by atoms with Crippen molar-refractivity contribution in [2.24, 2.45) is 0 Å². The molecule has 0 heterocycles. The van der Waals surface area contributed by atoms with Gasteiger partial charge in [-0.1, -0.05) is 6.07 Å². The van der Waals surface area contributed by atoms with Crippen LogP contribution in [0.5, 0.6) is 0 Å². The summed E-state index contributed by atoms with van der Waals surface area (Å²) < 4.78 is 0. The van der Waals surface area contributed by atoms with E-state index in [1.165, 1.54) is 14.2 Å². The van der Waals surface area contributed by atoms with Crippen molar-refractivity contribution >= 4 is 17.6 Å². The number of anilines is 1. The molecule has 0 saturated heterocycles. The molecule has 1 rings (SSSR count). The van der Waals surface area contributed by atoms with Gasteiger partial charge in [-0.05, 0) is 32.0 Å². The number of urea groups is 1. The largest absolute Gasteiger partial charge is 0.336 e. The van der Waals surface area contributed by atoms with Crippen LogP contribution < -0.4 is 10.6 Å². The van der Waals surface area contributed by atoms with Crippen molar-refractivity contribution in [1.82, 2.24) is 10.4 Å². The first kappa shape index (κ1) is 15.0. The highest BCUT2D eigenvalue weighted by Gasteiger charge is 2.12. The van der Waals surface area contributed by atoms with E-state index in [1.807, 2.05) is 13.8 Å². The van der Waals surface area contributed by atoms with E-state index in [-0.39, 0.29) is 18.0 Å². The lowest BCUT2D eigenvalue weighted by atomic mass is 10.2. The van der Waals surface area contributed by atoms with E-state index >= 15 is 0 Å². The van der Waals surface area contributed by atoms with Crippen LogP contribution in [0.25, 0.3) is 0 Å². The summed E-state index contributed by atoms with van der Waals surface area (Å²) >= 11 is 0. The van der Waals surface area contributed by atoms with E-state index in [1.54, 1.807) is 24.3 Å². The molecule has 0 atom stereocenters. The Morgan fingerprint density at radius 1 is 1.32 bits per heavy atom. The molecule has 0 radical (unpaired) electrons. The molecular weight excluding hydrogens is 246 g/mol. The molecule has 0 spiro atoms. The second-order valence-corrected chi connectivity index (χ2v) is 4.32. The number of nitrogens with zero attached hydrogens (tertiary/aromatic N) is 1. The van der Waals surface area contributed by atoms with Crippen LogP contribution in [0.2, 0.25) is 0 Å². The van der Waals surface area contributed by atoms with Crippen molar-refractivity contribution in [1.29, 1.82) is 0 Å². The molecule has 0 fully saturated rings. The maximum absolute atomic E-state index is 11.9. The van der Waals surface area contributed by atoms with Gasteiger partial charge in [0.1, 0.15) is 0 Å². The lowest BCUT2D eigenvalue weighted by Gasteiger charge is -2.14. The van der Waals surface area contributed by atoms with Crippen LogP contribution in [0.4, 0.5) is 10.5 Å². The van der Waals surface area contributed by atoms with Crippen molar-refractivity contribution in [3.8, 4) is 0 Å². The van der Waals surface area contributed by atoms with Crippen LogP contribution in [0.15, 0.2) is 24.3 Å². The molecule has 0 aliphatic heterocycles. The summed E-state index contributed by atoms with van der Waals surface area (Å²) in [5, 5.41) is 6.49. The molecule has 0 aliphatic carbocycles. The number of carbonyl (C=O) groups is 2. The molecule has 6 nitrogen and oxygen atoms in total. The van der Waals surface area contributed by atoms with Crippen molar-refractivity contribution in [3.63, 3.8) is 0 Å². The first-order valence-corrected chi connectivity index (χ1v) is 5.93. The molecule has 1 aromatic rings. The number of hydrogen-bond acceptors (Lipinski definition) is 3. The normalized spacial score (nSPS) is 10.2. The quantitative estimate of drug-likeness (QED) is 0.816. The summed E-state index contributed by atoms with van der Waals surface area (Å²) in [4.78, 5) is 28.2. The van der Waals surface area contributed by atoms with Crippen molar-refractivity contribution in [2.75, 3.05) is 19.5 Å². The van der Waals surface area contributed by atoms with E-state index in [9.17, 15) is 9.59 Å². The predicted molar refractivity (Wildman–Crippen MR) is 72.8 cm³/mol. The minimum atomic E-state index is -0.306. The summed E-state index contributed by atoms with van der Waals surface area (Å²) in [7, 11) is 2.93. The fourth-order valence-electron chi connectivity index (χ4n) is 1.42. The highest BCUT2D eigenvalue weighted by atomic mass is 16.7. The minimum absolute atomic E-state index is 0.0458. The maximum Gasteiger partial charge on any atom is 0.319 e. The van der Waals surface area contributed by atoms with Gasteiger partial charge in [-0.25, -0.2) is 9.86 Å². The van der Waals surface area contributed by atoms with E-state index < -0.39 is 0 Å². The SMILES string of the molecule is CON(C)C(=O)c1cccc(NC(=O)NC(C)C)c1. The number of hydroxylamine groups is 2. The zero-order chi connectivity index (χ0) is 14.4. The molecule has 1 aromatic carbocycles. The summed E-state index contributed by atoms with van der Waals surface area (Å²) in [6.45, 7) is 3.74. The number of rotatable bonds is 4. The molecule has 19 heavy (non-hydrogen) atoms. The lowest BCUT2D eigenvalue weighted by Crippen LogP contribution is -2.34. The Hall–Kier alpha value is -2.08. The van der Waals surface area contributed by atoms with E-state index in [0.717, 1.165) is 5.06 Å². The predicted octanol–water partition coefficient (Wildman–Crippen LogP) is 1.85. The van der Waals surface area contributed by atoms with Crippen LogP contribution in [0.3, 0.4) is 0 Å². The third-order valence-electron chi connectivity index (χ3n) is 2.35. The fraction of sp³-hybridized carbons (Fsp3) is 0.385. The van der Waals surface area contributed by atoms with Crippen molar-refractivity contribution in [3.05, 3.63) is 29.8 Å². The molecule has 104 valence electrons. The summed E-state index contributed by atoms with van der Waals surface area (Å²) in [6.07, 6.45) is 0. The fourth-order valence-corrected chi connectivity index (χ4v) is 1.42. The highest BCUT2D eigenvalue weighted by Crippen LogP contribution is 2.12. The average molecular weight is 265 g/mol. The Morgan fingerprint density at radius 3 is 2.58 bits per heavy atom. The molecule has 0 bridgehead atoms. The zero-order valence-electron chi connectivity index (χ0n) is 11.6. The first-order chi connectivity index (χ1) is 8.93. The molecule has 0 aromatic heterocycles. The van der Waals surface area contributed by atoms with Crippen molar-refractivity contribution < 1.29 is 14.4 Å². The standard InChI is InChI=1S/C13H19N3O3/c1-9(2)14-13(18)15-11-7-5-6-10(8-11)12(17)16(3)19-4/h5-9H,1-4H3,(H2,14,15,18). The maximum atomic E-state index is 11.9. The van der Waals surface area contributed by atoms with Gasteiger partial charge in [0.15, 0.2) is 0 Å². The minimum Gasteiger partial charge on any atom is -0.336 e. The lowest BCUT2D eigenvalue weighted by molar-refractivity contribution is -0.0756. The van der Waals surface area contributed by atoms with Crippen LogP contribution in [0.1, 0.15) is 24.2 Å². The van der Waals surface area contributed by atoms with Gasteiger partial charge in [-0.15, -0.1) is 0 Å². The monoisotopic (exact) mass is 265 g/mol. The number of nitrogens with one attached hydrogen (secondary N) is 2. The number of carbonyl (C=O) groups excluding carboxylic acids is 2. The topological polar surface area (TPSA) is 70.7 Å². The summed E-state index contributed by atoms with van der Waals surface area (Å²) in [5.74, 6) is -0.282. The summed E-state index contributed by atoms with van der Waals surface area (Å²) in [6, 6.07) is 6.40. The van der Waals surface area contributed by atoms with E-state index in [0.29, 0.717) is 11.3 Å². The van der Waals surface area contributed by atoms with E-state index in [4.69, 9.17) is 4.84 Å². The van der Waals surface area contributed by atoms with Crippen LogP contribution >= 0.6 is 0 Å². The van der Waals surface area contributed by atoms with Gasteiger partial charge in [0.25, 0.3) is 5.91 Å². The summed E-state index contributed by atoms with van der Waals surface area (Å²) in [5.41, 5.74) is 0.986. The van der Waals surface area contributed by atoms with Crippen molar-refractivity contribution in [2.45, 2.75) is 19.9 Å². The highest BCUT2D eigenvalue weighted by molar-refractivity contribution is 5.96. The molecule has 0 saturated carbocycles. The Bertz CT molecular complexity index is 460. The van der Waals surface area contributed by atoms with Crippen LogP contribution in [0, 0.1) is 0 Å². The Labute approximate surface area is 112 Å². The van der Waals surface area contributed by atoms with Gasteiger partial charge in [0.2, 0.25) is 0 Å². The smallest absolute Gasteiger partial charge is 0.319 e. The second kappa shape index (κ2) is 6.75. The zero-order valence-corrected chi connectivity index (χ0v) is 11.6. The third kappa shape index (κ3) is 4.59. The average Bonchev–Trinajstić information content (AvgIpc) is 2.36. The van der Waals surface area contributed by atoms with Crippen LogP contribution in [-0.4, -0.2) is 37.2 Å². The van der Waals surface area contributed by atoms with Gasteiger partial charge in [0.05, 0.1) is 7.11 Å². The van der Waals surface area contributed by atoms with Gasteiger partial charge in [-0.3, -0.25) is 9.63 Å². The number of benzene rings is 1.